The molecule has 0 spiro atoms. The molecule has 0 bridgehead atoms. The van der Waals surface area contributed by atoms with Gasteiger partial charge in [0.15, 0.2) is 5.82 Å². The summed E-state index contributed by atoms with van der Waals surface area (Å²) in [5.74, 6) is 0.958. The molecule has 8 heteroatoms. The molecule has 0 fully saturated rings. The molecular formula is C21H19N5O2S. The van der Waals surface area contributed by atoms with Crippen molar-refractivity contribution in [1.29, 1.82) is 0 Å². The second-order valence-electron chi connectivity index (χ2n) is 6.45. The van der Waals surface area contributed by atoms with E-state index in [1.54, 1.807) is 35.0 Å². The van der Waals surface area contributed by atoms with Gasteiger partial charge in [0.05, 0.1) is 24.0 Å². The van der Waals surface area contributed by atoms with Crippen molar-refractivity contribution in [2.24, 2.45) is 0 Å². The second-order valence-corrected chi connectivity index (χ2v) is 6.98. The summed E-state index contributed by atoms with van der Waals surface area (Å²) in [4.78, 5) is 12.5. The monoisotopic (exact) mass is 405 g/mol. The molecule has 1 N–H and O–H groups in total. The topological polar surface area (TPSA) is 81.9 Å². The number of aryl methyl sites for hydroxylation is 1. The Morgan fingerprint density at radius 3 is 2.59 bits per heavy atom. The predicted molar refractivity (Wildman–Crippen MR) is 111 cm³/mol. The third-order valence-electron chi connectivity index (χ3n) is 4.31. The molecule has 0 atom stereocenters. The first-order chi connectivity index (χ1) is 14.2. The Morgan fingerprint density at radius 1 is 1.07 bits per heavy atom. The van der Waals surface area contributed by atoms with Crippen LogP contribution in [0.15, 0.2) is 66.9 Å². The van der Waals surface area contributed by atoms with Crippen molar-refractivity contribution in [3.8, 4) is 5.75 Å². The Kier molecular flexibility index (Phi) is 5.62. The maximum atomic E-state index is 12.5. The zero-order chi connectivity index (χ0) is 20.1. The highest BCUT2D eigenvalue weighted by atomic mass is 32.1. The van der Waals surface area contributed by atoms with Gasteiger partial charge in [-0.15, -0.1) is 0 Å². The molecule has 7 nitrogen and oxygen atoms in total. The molecule has 2 heterocycles. The van der Waals surface area contributed by atoms with Crippen molar-refractivity contribution in [2.75, 3.05) is 5.32 Å². The van der Waals surface area contributed by atoms with E-state index in [0.29, 0.717) is 30.3 Å². The number of amides is 1. The lowest BCUT2D eigenvalue weighted by Gasteiger charge is -2.06. The lowest BCUT2D eigenvalue weighted by Crippen LogP contribution is -2.12. The molecule has 0 aliphatic carbocycles. The summed E-state index contributed by atoms with van der Waals surface area (Å²) >= 11 is 1.17. The van der Waals surface area contributed by atoms with Crippen molar-refractivity contribution in [3.63, 3.8) is 0 Å². The zero-order valence-electron chi connectivity index (χ0n) is 15.8. The van der Waals surface area contributed by atoms with Crippen LogP contribution in [-0.2, 0) is 13.2 Å². The van der Waals surface area contributed by atoms with Crippen molar-refractivity contribution in [3.05, 3.63) is 89.4 Å². The zero-order valence-corrected chi connectivity index (χ0v) is 16.6. The lowest BCUT2D eigenvalue weighted by molar-refractivity contribution is 0.102. The highest BCUT2D eigenvalue weighted by molar-refractivity contribution is 6.99. The van der Waals surface area contributed by atoms with Gasteiger partial charge in [-0.3, -0.25) is 9.48 Å². The molecular weight excluding hydrogens is 386 g/mol. The third-order valence-corrected chi connectivity index (χ3v) is 4.97. The lowest BCUT2D eigenvalue weighted by atomic mass is 10.2. The van der Waals surface area contributed by atoms with Gasteiger partial charge in [0.2, 0.25) is 0 Å². The Bertz CT molecular complexity index is 1090. The van der Waals surface area contributed by atoms with E-state index >= 15 is 0 Å². The van der Waals surface area contributed by atoms with Crippen molar-refractivity contribution in [2.45, 2.75) is 20.1 Å². The smallest absolute Gasteiger partial charge is 0.256 e. The summed E-state index contributed by atoms with van der Waals surface area (Å²) in [6.07, 6.45) is 1.84. The van der Waals surface area contributed by atoms with Crippen LogP contribution < -0.4 is 10.1 Å². The van der Waals surface area contributed by atoms with Crippen LogP contribution in [0.3, 0.4) is 0 Å². The molecule has 2 aromatic carbocycles. The van der Waals surface area contributed by atoms with Gasteiger partial charge in [-0.2, -0.15) is 13.8 Å². The SMILES string of the molecule is Cc1nsnc1COc1ccc(C(=O)Nc2ccn(Cc3ccccc3)n2)cc1. The van der Waals surface area contributed by atoms with E-state index in [2.05, 4.69) is 19.2 Å². The molecule has 4 rings (SSSR count). The summed E-state index contributed by atoms with van der Waals surface area (Å²) < 4.78 is 15.8. The summed E-state index contributed by atoms with van der Waals surface area (Å²) in [6.45, 7) is 2.90. The molecule has 4 aromatic rings. The molecule has 146 valence electrons. The van der Waals surface area contributed by atoms with E-state index in [1.807, 2.05) is 43.5 Å². The molecule has 0 aliphatic rings. The molecule has 0 saturated carbocycles. The van der Waals surface area contributed by atoms with E-state index in [4.69, 9.17) is 4.74 Å². The summed E-state index contributed by atoms with van der Waals surface area (Å²) in [5, 5.41) is 7.22. The number of anilines is 1. The van der Waals surface area contributed by atoms with Crippen molar-refractivity contribution >= 4 is 23.5 Å². The number of rotatable bonds is 7. The minimum Gasteiger partial charge on any atom is -0.487 e. The van der Waals surface area contributed by atoms with E-state index < -0.39 is 0 Å². The first kappa shape index (κ1) is 18.8. The van der Waals surface area contributed by atoms with Gasteiger partial charge in [0.25, 0.3) is 5.91 Å². The Hall–Kier alpha value is -3.52. The van der Waals surface area contributed by atoms with E-state index in [-0.39, 0.29) is 5.91 Å². The minimum atomic E-state index is -0.221. The quantitative estimate of drug-likeness (QED) is 0.504. The minimum absolute atomic E-state index is 0.221. The largest absolute Gasteiger partial charge is 0.487 e. The number of benzene rings is 2. The van der Waals surface area contributed by atoms with Gasteiger partial charge in [0.1, 0.15) is 18.1 Å². The standard InChI is InChI=1S/C21H19N5O2S/c1-15-19(25-29-24-15)14-28-18-9-7-17(8-10-18)21(27)22-20-11-12-26(23-20)13-16-5-3-2-4-6-16/h2-12H,13-14H2,1H3,(H,22,23,27). The predicted octanol–water partition coefficient (Wildman–Crippen LogP) is 3.92. The number of ether oxygens (including phenoxy) is 1. The van der Waals surface area contributed by atoms with Gasteiger partial charge in [-0.25, -0.2) is 0 Å². The fourth-order valence-corrected chi connectivity index (χ4v) is 3.26. The van der Waals surface area contributed by atoms with Crippen LogP contribution in [0, 0.1) is 6.92 Å². The average Bonchev–Trinajstić information content (AvgIpc) is 3.36. The third kappa shape index (κ3) is 4.85. The summed E-state index contributed by atoms with van der Waals surface area (Å²) in [6, 6.07) is 18.8. The molecule has 2 aromatic heterocycles. The van der Waals surface area contributed by atoms with Crippen molar-refractivity contribution < 1.29 is 9.53 Å². The number of nitrogens with zero attached hydrogens (tertiary/aromatic N) is 4. The van der Waals surface area contributed by atoms with Gasteiger partial charge in [-0.1, -0.05) is 30.3 Å². The van der Waals surface area contributed by atoms with Crippen LogP contribution >= 0.6 is 11.7 Å². The van der Waals surface area contributed by atoms with Crippen LogP contribution in [0.2, 0.25) is 0 Å². The van der Waals surface area contributed by atoms with Gasteiger partial charge >= 0.3 is 0 Å². The first-order valence-electron chi connectivity index (χ1n) is 9.07. The Labute approximate surface area is 172 Å². The Morgan fingerprint density at radius 2 is 1.86 bits per heavy atom. The number of aromatic nitrogens is 4. The van der Waals surface area contributed by atoms with E-state index in [1.165, 1.54) is 11.7 Å². The number of carbonyl (C=O) groups is 1. The summed E-state index contributed by atoms with van der Waals surface area (Å²) in [5.41, 5.74) is 3.37. The average molecular weight is 405 g/mol. The van der Waals surface area contributed by atoms with Crippen molar-refractivity contribution in [1.82, 2.24) is 18.5 Å². The molecule has 0 saturated heterocycles. The Balaban J connectivity index is 1.33. The second kappa shape index (κ2) is 8.66. The molecule has 1 amide bonds. The van der Waals surface area contributed by atoms with Crippen LogP contribution in [0.4, 0.5) is 5.82 Å². The highest BCUT2D eigenvalue weighted by Crippen LogP contribution is 2.16. The maximum Gasteiger partial charge on any atom is 0.256 e. The summed E-state index contributed by atoms with van der Waals surface area (Å²) in [7, 11) is 0. The highest BCUT2D eigenvalue weighted by Gasteiger charge is 2.09. The van der Waals surface area contributed by atoms with Crippen LogP contribution in [-0.4, -0.2) is 24.4 Å². The van der Waals surface area contributed by atoms with Gasteiger partial charge < -0.3 is 10.1 Å². The van der Waals surface area contributed by atoms with Crippen LogP contribution in [0.5, 0.6) is 5.75 Å². The number of carbonyl (C=O) groups excluding carboxylic acids is 1. The molecule has 29 heavy (non-hydrogen) atoms. The maximum absolute atomic E-state index is 12.5. The molecule has 0 aliphatic heterocycles. The number of nitrogens with one attached hydrogen (secondary N) is 1. The number of hydrogen-bond donors (Lipinski definition) is 1. The molecule has 0 unspecified atom stereocenters. The fraction of sp³-hybridized carbons (Fsp3) is 0.143. The fourth-order valence-electron chi connectivity index (χ4n) is 2.71. The van der Waals surface area contributed by atoms with Crippen LogP contribution in [0.25, 0.3) is 0 Å². The van der Waals surface area contributed by atoms with E-state index in [0.717, 1.165) is 17.0 Å². The molecule has 0 radical (unpaired) electrons. The number of hydrogen-bond acceptors (Lipinski definition) is 6. The first-order valence-corrected chi connectivity index (χ1v) is 9.80. The van der Waals surface area contributed by atoms with Crippen LogP contribution in [0.1, 0.15) is 27.3 Å². The normalized spacial score (nSPS) is 10.7. The van der Waals surface area contributed by atoms with Gasteiger partial charge in [-0.05, 0) is 36.8 Å². The van der Waals surface area contributed by atoms with Gasteiger partial charge in [0, 0.05) is 17.8 Å². The van der Waals surface area contributed by atoms with E-state index in [9.17, 15) is 4.79 Å².